The molecule has 2 aliphatic heterocycles. The summed E-state index contributed by atoms with van der Waals surface area (Å²) < 4.78 is 12.2. The monoisotopic (exact) mass is 295 g/mol. The Bertz CT molecular complexity index is 405. The zero-order valence-corrected chi connectivity index (χ0v) is 13.6. The first-order valence-corrected chi connectivity index (χ1v) is 8.47. The second-order valence-corrected chi connectivity index (χ2v) is 7.75. The Morgan fingerprint density at radius 1 is 1.24 bits per heavy atom. The van der Waals surface area contributed by atoms with Crippen molar-refractivity contribution in [3.8, 4) is 0 Å². The molecule has 2 saturated heterocycles. The Morgan fingerprint density at radius 2 is 1.95 bits per heavy atom. The predicted octanol–water partition coefficient (Wildman–Crippen LogP) is 2.66. The molecule has 4 nitrogen and oxygen atoms in total. The maximum Gasteiger partial charge on any atom is 0.217 e. The topological polar surface area (TPSA) is 47.6 Å². The summed E-state index contributed by atoms with van der Waals surface area (Å²) in [6.45, 7) is 7.76. The van der Waals surface area contributed by atoms with Crippen LogP contribution in [0.1, 0.15) is 59.3 Å². The average molecular weight is 295 g/mol. The Morgan fingerprint density at radius 3 is 2.62 bits per heavy atom. The molecule has 0 radical (unpaired) electrons. The lowest BCUT2D eigenvalue weighted by molar-refractivity contribution is -0.224. The van der Waals surface area contributed by atoms with E-state index in [9.17, 15) is 4.79 Å². The van der Waals surface area contributed by atoms with Crippen LogP contribution in [0.25, 0.3) is 0 Å². The van der Waals surface area contributed by atoms with Crippen LogP contribution in [0.2, 0.25) is 0 Å². The molecule has 1 amide bonds. The SMILES string of the molecule is CC(=O)N[C@@]1(C)CC2(CCOCC2)O[C@@H]2C[C@H](C)CC[C@H]21. The van der Waals surface area contributed by atoms with Crippen LogP contribution in [-0.2, 0) is 14.3 Å². The molecule has 3 fully saturated rings. The molecular weight excluding hydrogens is 266 g/mol. The lowest BCUT2D eigenvalue weighted by atomic mass is 9.63. The van der Waals surface area contributed by atoms with Crippen LogP contribution in [0.3, 0.4) is 0 Å². The fourth-order valence-electron chi connectivity index (χ4n) is 4.93. The number of ether oxygens (including phenoxy) is 2. The Kier molecular flexibility index (Phi) is 4.04. The quantitative estimate of drug-likeness (QED) is 0.809. The van der Waals surface area contributed by atoms with Crippen LogP contribution < -0.4 is 5.32 Å². The molecule has 21 heavy (non-hydrogen) atoms. The standard InChI is InChI=1S/C17H29NO3/c1-12-4-5-14-15(10-12)21-17(6-8-20-9-7-17)11-16(14,3)18-13(2)19/h12,14-15H,4-11H2,1-3H3,(H,18,19)/t12-,14-,15-,16+/m1/s1. The van der Waals surface area contributed by atoms with Crippen molar-refractivity contribution >= 4 is 5.91 Å². The third-order valence-electron chi connectivity index (χ3n) is 5.83. The zero-order chi connectivity index (χ0) is 15.1. The first-order chi connectivity index (χ1) is 9.92. The number of fused-ring (bicyclic) bond motifs is 1. The largest absolute Gasteiger partial charge is 0.381 e. The Balaban J connectivity index is 1.87. The highest BCUT2D eigenvalue weighted by atomic mass is 16.5. The number of amides is 1. The number of carbonyl (C=O) groups excluding carboxylic acids is 1. The summed E-state index contributed by atoms with van der Waals surface area (Å²) in [4.78, 5) is 11.8. The highest BCUT2D eigenvalue weighted by molar-refractivity contribution is 5.73. The van der Waals surface area contributed by atoms with Crippen molar-refractivity contribution in [3.05, 3.63) is 0 Å². The van der Waals surface area contributed by atoms with Crippen LogP contribution in [0.5, 0.6) is 0 Å². The fourth-order valence-corrected chi connectivity index (χ4v) is 4.93. The van der Waals surface area contributed by atoms with Crippen molar-refractivity contribution in [2.24, 2.45) is 11.8 Å². The van der Waals surface area contributed by atoms with Gasteiger partial charge in [-0.15, -0.1) is 0 Å². The van der Waals surface area contributed by atoms with Gasteiger partial charge in [0, 0.05) is 31.6 Å². The normalized spacial score (nSPS) is 42.3. The molecule has 1 saturated carbocycles. The van der Waals surface area contributed by atoms with Crippen LogP contribution >= 0.6 is 0 Å². The van der Waals surface area contributed by atoms with E-state index in [0.717, 1.165) is 51.2 Å². The zero-order valence-electron chi connectivity index (χ0n) is 13.6. The third-order valence-corrected chi connectivity index (χ3v) is 5.83. The predicted molar refractivity (Wildman–Crippen MR) is 81.0 cm³/mol. The van der Waals surface area contributed by atoms with Gasteiger partial charge in [-0.05, 0) is 44.9 Å². The minimum absolute atomic E-state index is 0.0824. The van der Waals surface area contributed by atoms with Crippen molar-refractivity contribution in [3.63, 3.8) is 0 Å². The van der Waals surface area contributed by atoms with Crippen LogP contribution in [0.15, 0.2) is 0 Å². The van der Waals surface area contributed by atoms with E-state index in [-0.39, 0.29) is 23.2 Å². The summed E-state index contributed by atoms with van der Waals surface area (Å²) in [5.74, 6) is 1.26. The molecular formula is C17H29NO3. The second kappa shape index (κ2) is 5.54. The number of nitrogens with one attached hydrogen (secondary N) is 1. The molecule has 2 heterocycles. The van der Waals surface area contributed by atoms with Gasteiger partial charge in [0.15, 0.2) is 0 Å². The maximum atomic E-state index is 11.8. The minimum Gasteiger partial charge on any atom is -0.381 e. The van der Waals surface area contributed by atoms with E-state index in [4.69, 9.17) is 9.47 Å². The van der Waals surface area contributed by atoms with E-state index in [2.05, 4.69) is 19.2 Å². The second-order valence-electron chi connectivity index (χ2n) is 7.75. The number of hydrogen-bond acceptors (Lipinski definition) is 3. The summed E-state index contributed by atoms with van der Waals surface area (Å²) in [5.41, 5.74) is -0.222. The van der Waals surface area contributed by atoms with Gasteiger partial charge in [-0.1, -0.05) is 13.3 Å². The summed E-state index contributed by atoms with van der Waals surface area (Å²) >= 11 is 0. The van der Waals surface area contributed by atoms with Crippen LogP contribution in [-0.4, -0.2) is 36.4 Å². The summed E-state index contributed by atoms with van der Waals surface area (Å²) in [6.07, 6.45) is 6.67. The molecule has 120 valence electrons. The first kappa shape index (κ1) is 15.3. The smallest absolute Gasteiger partial charge is 0.217 e. The van der Waals surface area contributed by atoms with E-state index >= 15 is 0 Å². The van der Waals surface area contributed by atoms with Crippen molar-refractivity contribution in [2.75, 3.05) is 13.2 Å². The van der Waals surface area contributed by atoms with E-state index < -0.39 is 0 Å². The molecule has 4 heteroatoms. The molecule has 1 aliphatic carbocycles. The molecule has 3 aliphatic rings. The van der Waals surface area contributed by atoms with Gasteiger partial charge in [0.25, 0.3) is 0 Å². The molecule has 1 N–H and O–H groups in total. The number of carbonyl (C=O) groups is 1. The van der Waals surface area contributed by atoms with Gasteiger partial charge in [0.1, 0.15) is 0 Å². The van der Waals surface area contributed by atoms with Crippen molar-refractivity contribution in [2.45, 2.75) is 76.5 Å². The van der Waals surface area contributed by atoms with Crippen molar-refractivity contribution < 1.29 is 14.3 Å². The molecule has 3 rings (SSSR count). The lowest BCUT2D eigenvalue weighted by Gasteiger charge is -2.57. The van der Waals surface area contributed by atoms with Crippen LogP contribution in [0, 0.1) is 11.8 Å². The lowest BCUT2D eigenvalue weighted by Crippen LogP contribution is -2.66. The van der Waals surface area contributed by atoms with E-state index in [0.29, 0.717) is 5.92 Å². The minimum atomic E-state index is -0.133. The van der Waals surface area contributed by atoms with Gasteiger partial charge in [0.05, 0.1) is 11.7 Å². The molecule has 0 bridgehead atoms. The highest BCUT2D eigenvalue weighted by Gasteiger charge is 2.54. The third kappa shape index (κ3) is 2.98. The Hall–Kier alpha value is -0.610. The number of rotatable bonds is 1. The van der Waals surface area contributed by atoms with Gasteiger partial charge in [-0.2, -0.15) is 0 Å². The van der Waals surface area contributed by atoms with Gasteiger partial charge < -0.3 is 14.8 Å². The number of hydrogen-bond donors (Lipinski definition) is 1. The molecule has 0 aromatic carbocycles. The van der Waals surface area contributed by atoms with Crippen LogP contribution in [0.4, 0.5) is 0 Å². The molecule has 0 unspecified atom stereocenters. The van der Waals surface area contributed by atoms with Crippen molar-refractivity contribution in [1.29, 1.82) is 0 Å². The van der Waals surface area contributed by atoms with Gasteiger partial charge in [0.2, 0.25) is 5.91 Å². The van der Waals surface area contributed by atoms with Gasteiger partial charge in [-0.3, -0.25) is 4.79 Å². The van der Waals surface area contributed by atoms with Gasteiger partial charge in [-0.25, -0.2) is 0 Å². The summed E-state index contributed by atoms with van der Waals surface area (Å²) in [6, 6.07) is 0. The molecule has 1 spiro atoms. The van der Waals surface area contributed by atoms with Gasteiger partial charge >= 0.3 is 0 Å². The Labute approximate surface area is 127 Å². The molecule has 0 aromatic rings. The van der Waals surface area contributed by atoms with E-state index in [1.165, 1.54) is 6.42 Å². The average Bonchev–Trinajstić information content (AvgIpc) is 2.37. The highest BCUT2D eigenvalue weighted by Crippen LogP contribution is 2.49. The maximum absolute atomic E-state index is 11.8. The first-order valence-electron chi connectivity index (χ1n) is 8.47. The molecule has 0 aromatic heterocycles. The fraction of sp³-hybridized carbons (Fsp3) is 0.941. The summed E-state index contributed by atoms with van der Waals surface area (Å²) in [7, 11) is 0. The van der Waals surface area contributed by atoms with E-state index in [1.54, 1.807) is 6.92 Å². The molecule has 4 atom stereocenters. The van der Waals surface area contributed by atoms with E-state index in [1.807, 2.05) is 0 Å². The summed E-state index contributed by atoms with van der Waals surface area (Å²) in [5, 5.41) is 3.28. The van der Waals surface area contributed by atoms with Crippen molar-refractivity contribution in [1.82, 2.24) is 5.32 Å².